The van der Waals surface area contributed by atoms with Crippen molar-refractivity contribution in [2.75, 3.05) is 90.3 Å². The maximum Gasteiger partial charge on any atom is 0.220 e. The molecule has 1 atom stereocenters. The number of aryl methyl sites for hydroxylation is 2. The monoisotopic (exact) mass is 677 g/mol. The first-order chi connectivity index (χ1) is 24.1. The van der Waals surface area contributed by atoms with Crippen LogP contribution in [0.3, 0.4) is 0 Å². The molecule has 2 aliphatic heterocycles. The summed E-state index contributed by atoms with van der Waals surface area (Å²) >= 11 is 0. The van der Waals surface area contributed by atoms with Crippen molar-refractivity contribution < 1.29 is 0 Å². The summed E-state index contributed by atoms with van der Waals surface area (Å²) in [5, 5.41) is 3.91. The van der Waals surface area contributed by atoms with Crippen molar-refractivity contribution in [1.82, 2.24) is 29.7 Å². The van der Waals surface area contributed by atoms with Gasteiger partial charge in [0.2, 0.25) is 5.96 Å². The van der Waals surface area contributed by atoms with Crippen LogP contribution in [0.2, 0.25) is 0 Å². The van der Waals surface area contributed by atoms with Crippen LogP contribution >= 0.6 is 0 Å². The number of hydrazine groups is 1. The van der Waals surface area contributed by atoms with Crippen molar-refractivity contribution in [3.05, 3.63) is 71.0 Å². The Bertz CT molecular complexity index is 1870. The molecule has 266 valence electrons. The van der Waals surface area contributed by atoms with Gasteiger partial charge in [0.15, 0.2) is 12.0 Å². The van der Waals surface area contributed by atoms with Crippen LogP contribution in [-0.4, -0.2) is 122 Å². The van der Waals surface area contributed by atoms with E-state index in [4.69, 9.17) is 25.8 Å². The van der Waals surface area contributed by atoms with Gasteiger partial charge in [-0.1, -0.05) is 19.9 Å². The molecule has 1 unspecified atom stereocenters. The van der Waals surface area contributed by atoms with Crippen LogP contribution in [0, 0.1) is 13.8 Å². The third kappa shape index (κ3) is 7.55. The molecule has 50 heavy (non-hydrogen) atoms. The van der Waals surface area contributed by atoms with E-state index in [1.807, 2.05) is 13.8 Å². The normalized spacial score (nSPS) is 17.1. The van der Waals surface area contributed by atoms with E-state index in [0.29, 0.717) is 5.84 Å². The van der Waals surface area contributed by atoms with Crippen molar-refractivity contribution in [3.63, 3.8) is 0 Å². The zero-order valence-electron chi connectivity index (χ0n) is 31.3. The van der Waals surface area contributed by atoms with Crippen molar-refractivity contribution in [1.29, 1.82) is 0 Å². The van der Waals surface area contributed by atoms with Crippen LogP contribution in [0.25, 0.3) is 21.8 Å². The van der Waals surface area contributed by atoms with Crippen LogP contribution in [-0.2, 0) is 0 Å². The van der Waals surface area contributed by atoms with Gasteiger partial charge in [-0.15, -0.1) is 0 Å². The Morgan fingerprint density at radius 1 is 0.740 bits per heavy atom. The Labute approximate surface area is 298 Å². The molecule has 2 N–H and O–H groups in total. The molecule has 2 aliphatic rings. The summed E-state index contributed by atoms with van der Waals surface area (Å²) in [4.78, 5) is 31.9. The molecule has 6 rings (SSSR count). The number of benzene rings is 2. The summed E-state index contributed by atoms with van der Waals surface area (Å²) in [6, 6.07) is 17.0. The first-order valence-corrected chi connectivity index (χ1v) is 18.1. The zero-order chi connectivity index (χ0) is 35.5. The van der Waals surface area contributed by atoms with Gasteiger partial charge in [-0.25, -0.2) is 10.8 Å². The predicted octanol–water partition coefficient (Wildman–Crippen LogP) is 5.26. The fourth-order valence-corrected chi connectivity index (χ4v) is 7.23. The fraction of sp³-hybridized carbons (Fsp3) is 0.487. The lowest BCUT2D eigenvalue weighted by atomic mass is 10.0. The minimum Gasteiger partial charge on any atom is -0.377 e. The minimum atomic E-state index is -0.465. The first-order valence-electron chi connectivity index (χ1n) is 18.1. The minimum absolute atomic E-state index is 0.465. The van der Waals surface area contributed by atoms with Crippen molar-refractivity contribution in [2.45, 2.75) is 46.7 Å². The molecule has 0 amide bonds. The molecule has 2 aromatic heterocycles. The lowest BCUT2D eigenvalue weighted by Gasteiger charge is -2.41. The molecule has 11 nitrogen and oxygen atoms in total. The smallest absolute Gasteiger partial charge is 0.220 e. The summed E-state index contributed by atoms with van der Waals surface area (Å²) in [7, 11) is 8.28. The number of hydrogen-bond donors (Lipinski definition) is 1. The number of fused-ring (bicyclic) bond motifs is 2. The number of rotatable bonds is 11. The fourth-order valence-electron chi connectivity index (χ4n) is 7.23. The van der Waals surface area contributed by atoms with Gasteiger partial charge in [0.25, 0.3) is 0 Å². The largest absolute Gasteiger partial charge is 0.377 e. The standard InChI is InChI=1S/C39H55N11/c1-9-15-47(16-10-2)17-18-48-19-21-49(22-20-48)39-44-37(29-11-13-33-31(25-29)35(45(5)6)23-27(3)41-33)43-38(50(39)40)30-12-14-34-32(26-30)36(46(7)8)24-28(4)42-34/h11-14,23-26,38H,9-10,15-22,40H2,1-8H3. The number of pyridine rings is 2. The number of nitrogens with two attached hydrogens (primary N) is 1. The van der Waals surface area contributed by atoms with Crippen LogP contribution in [0.1, 0.15) is 55.4 Å². The molecule has 0 saturated carbocycles. The molecular formula is C39H55N11. The highest BCUT2D eigenvalue weighted by atomic mass is 15.6. The predicted molar refractivity (Wildman–Crippen MR) is 209 cm³/mol. The van der Waals surface area contributed by atoms with Gasteiger partial charge in [-0.2, -0.15) is 4.99 Å². The molecule has 4 aromatic rings. The maximum absolute atomic E-state index is 7.05. The van der Waals surface area contributed by atoms with Crippen LogP contribution in [0.4, 0.5) is 11.4 Å². The molecule has 4 heterocycles. The summed E-state index contributed by atoms with van der Waals surface area (Å²) in [5.41, 5.74) is 8.06. The van der Waals surface area contributed by atoms with Gasteiger partial charge in [0, 0.05) is 107 Å². The molecule has 1 fully saturated rings. The lowest BCUT2D eigenvalue weighted by molar-refractivity contribution is 0.141. The highest BCUT2D eigenvalue weighted by Gasteiger charge is 2.32. The number of aromatic nitrogens is 2. The number of guanidine groups is 1. The molecule has 2 aromatic carbocycles. The number of hydrogen-bond acceptors (Lipinski definition) is 11. The highest BCUT2D eigenvalue weighted by Crippen LogP contribution is 2.33. The average molecular weight is 678 g/mol. The summed E-state index contributed by atoms with van der Waals surface area (Å²) < 4.78 is 0. The van der Waals surface area contributed by atoms with E-state index in [-0.39, 0.29) is 0 Å². The summed E-state index contributed by atoms with van der Waals surface area (Å²) in [6.45, 7) is 16.8. The van der Waals surface area contributed by atoms with Crippen molar-refractivity contribution >= 4 is 45.0 Å². The Kier molecular flexibility index (Phi) is 10.9. The van der Waals surface area contributed by atoms with E-state index in [1.54, 1.807) is 5.01 Å². The first kappa shape index (κ1) is 35.5. The van der Waals surface area contributed by atoms with E-state index in [9.17, 15) is 0 Å². The molecule has 0 spiro atoms. The molecule has 0 aliphatic carbocycles. The average Bonchev–Trinajstić information content (AvgIpc) is 3.10. The number of aliphatic imine (C=N–C) groups is 2. The Hall–Kier alpha value is -4.32. The number of amidine groups is 1. The second kappa shape index (κ2) is 15.3. The van der Waals surface area contributed by atoms with Gasteiger partial charge in [-0.05, 0) is 87.8 Å². The van der Waals surface area contributed by atoms with Crippen LogP contribution in [0.15, 0.2) is 58.5 Å². The number of anilines is 2. The second-order valence-electron chi connectivity index (χ2n) is 14.2. The summed E-state index contributed by atoms with van der Waals surface area (Å²) in [5.74, 6) is 8.48. The van der Waals surface area contributed by atoms with E-state index in [2.05, 4.69) is 115 Å². The van der Waals surface area contributed by atoms with Crippen molar-refractivity contribution in [3.8, 4) is 0 Å². The van der Waals surface area contributed by atoms with Crippen LogP contribution < -0.4 is 15.6 Å². The van der Waals surface area contributed by atoms with E-state index < -0.39 is 6.17 Å². The molecule has 1 saturated heterocycles. The summed E-state index contributed by atoms with van der Waals surface area (Å²) in [6.07, 6.45) is 1.92. The maximum atomic E-state index is 7.05. The Balaban J connectivity index is 1.36. The van der Waals surface area contributed by atoms with Gasteiger partial charge in [-0.3, -0.25) is 19.9 Å². The third-order valence-corrected chi connectivity index (χ3v) is 9.79. The second-order valence-corrected chi connectivity index (χ2v) is 14.2. The SMILES string of the molecule is CCCN(CCC)CCN1CCN(C2=NC(c3ccc4nc(C)cc(N(C)C)c4c3)=NC(c3ccc4nc(C)cc(N(C)C)c4c3)N2N)CC1. The Morgan fingerprint density at radius 3 is 1.90 bits per heavy atom. The van der Waals surface area contributed by atoms with Gasteiger partial charge >= 0.3 is 0 Å². The van der Waals surface area contributed by atoms with Gasteiger partial charge in [0.1, 0.15) is 0 Å². The van der Waals surface area contributed by atoms with Crippen molar-refractivity contribution in [2.24, 2.45) is 15.8 Å². The number of nitrogens with zero attached hydrogens (tertiary/aromatic N) is 10. The zero-order valence-corrected chi connectivity index (χ0v) is 31.3. The molecular weight excluding hydrogens is 623 g/mol. The Morgan fingerprint density at radius 2 is 1.32 bits per heavy atom. The van der Waals surface area contributed by atoms with E-state index in [0.717, 1.165) is 114 Å². The van der Waals surface area contributed by atoms with Gasteiger partial charge in [0.05, 0.1) is 11.0 Å². The van der Waals surface area contributed by atoms with Crippen LogP contribution in [0.5, 0.6) is 0 Å². The topological polar surface area (TPSA) is 96.0 Å². The van der Waals surface area contributed by atoms with E-state index >= 15 is 0 Å². The van der Waals surface area contributed by atoms with Gasteiger partial charge < -0.3 is 19.6 Å². The quantitative estimate of drug-likeness (QED) is 0.213. The third-order valence-electron chi connectivity index (χ3n) is 9.79. The molecule has 0 bridgehead atoms. The number of piperazine rings is 1. The molecule has 11 heteroatoms. The molecule has 0 radical (unpaired) electrons. The highest BCUT2D eigenvalue weighted by molar-refractivity contribution is 6.10. The lowest BCUT2D eigenvalue weighted by Crippen LogP contribution is -2.57. The van der Waals surface area contributed by atoms with E-state index in [1.165, 1.54) is 12.8 Å².